The Morgan fingerprint density at radius 2 is 1.96 bits per heavy atom. The number of rotatable bonds is 4. The summed E-state index contributed by atoms with van der Waals surface area (Å²) in [5.41, 5.74) is 0.694. The molecule has 3 rings (SSSR count). The summed E-state index contributed by atoms with van der Waals surface area (Å²) in [4.78, 5) is 0. The van der Waals surface area contributed by atoms with Crippen molar-refractivity contribution in [2.45, 2.75) is 42.7 Å². The predicted molar refractivity (Wildman–Crippen MR) is 82.8 cm³/mol. The number of ether oxygens (including phenoxy) is 4. The van der Waals surface area contributed by atoms with Gasteiger partial charge in [-0.05, 0) is 6.92 Å². The van der Waals surface area contributed by atoms with E-state index in [2.05, 4.69) is 0 Å². The van der Waals surface area contributed by atoms with Gasteiger partial charge < -0.3 is 29.2 Å². The Balaban J connectivity index is 1.87. The second kappa shape index (κ2) is 6.89. The van der Waals surface area contributed by atoms with Crippen LogP contribution in [-0.2, 0) is 29.1 Å². The minimum Gasteiger partial charge on any atom is -0.387 e. The first-order chi connectivity index (χ1) is 11.8. The van der Waals surface area contributed by atoms with E-state index in [4.69, 9.17) is 18.9 Å². The van der Waals surface area contributed by atoms with Gasteiger partial charge in [0.1, 0.15) is 18.3 Å². The van der Waals surface area contributed by atoms with Gasteiger partial charge in [0.15, 0.2) is 12.4 Å². The lowest BCUT2D eigenvalue weighted by atomic mass is 9.97. The SMILES string of the molecule is CCO[C@]1(S(=O)(=O)O)O[C@@H]2COC(c3ccccc3)O[C@@H]2[C@H](O)[C@H]1O. The molecular weight excluding hydrogens is 356 g/mol. The molecule has 0 aliphatic carbocycles. The van der Waals surface area contributed by atoms with Crippen molar-refractivity contribution in [2.24, 2.45) is 0 Å². The quantitative estimate of drug-likeness (QED) is 0.611. The topological polar surface area (TPSA) is 132 Å². The summed E-state index contributed by atoms with van der Waals surface area (Å²) in [5.74, 6) is 0. The van der Waals surface area contributed by atoms with Crippen LogP contribution in [0.2, 0.25) is 0 Å². The van der Waals surface area contributed by atoms with Crippen molar-refractivity contribution in [1.29, 1.82) is 0 Å². The van der Waals surface area contributed by atoms with Gasteiger partial charge in [-0.1, -0.05) is 30.3 Å². The zero-order chi connectivity index (χ0) is 18.2. The van der Waals surface area contributed by atoms with Gasteiger partial charge in [-0.15, -0.1) is 0 Å². The molecule has 25 heavy (non-hydrogen) atoms. The van der Waals surface area contributed by atoms with Crippen molar-refractivity contribution in [1.82, 2.24) is 0 Å². The van der Waals surface area contributed by atoms with E-state index >= 15 is 0 Å². The molecule has 2 aliphatic heterocycles. The molecule has 0 spiro atoms. The van der Waals surface area contributed by atoms with Crippen LogP contribution in [0.1, 0.15) is 18.8 Å². The van der Waals surface area contributed by atoms with Crippen LogP contribution < -0.4 is 0 Å². The van der Waals surface area contributed by atoms with Crippen molar-refractivity contribution in [3.8, 4) is 0 Å². The average molecular weight is 376 g/mol. The standard InChI is InChI=1S/C15H20O9S/c1-2-22-15(25(18,19)20)13(17)11(16)12-10(24-15)8-21-14(23-12)9-6-4-3-5-7-9/h3-7,10-14,16-17H,2,8H2,1H3,(H,18,19,20)/t10-,11+,12+,13-,14?,15+/m1/s1. The summed E-state index contributed by atoms with van der Waals surface area (Å²) in [6.45, 7) is 1.15. The minimum atomic E-state index is -5.01. The summed E-state index contributed by atoms with van der Waals surface area (Å²) in [5, 5.41) is 17.9. The number of aliphatic hydroxyl groups excluding tert-OH is 2. The van der Waals surface area contributed by atoms with E-state index in [1.54, 1.807) is 24.3 Å². The lowest BCUT2D eigenvalue weighted by molar-refractivity contribution is -0.375. The fourth-order valence-corrected chi connectivity index (χ4v) is 3.97. The molecule has 2 saturated heterocycles. The number of fused-ring (bicyclic) bond motifs is 1. The van der Waals surface area contributed by atoms with Crippen molar-refractivity contribution < 1.29 is 42.1 Å². The average Bonchev–Trinajstić information content (AvgIpc) is 2.59. The summed E-state index contributed by atoms with van der Waals surface area (Å²) in [6, 6.07) is 8.92. The first-order valence-corrected chi connectivity index (χ1v) is 9.21. The van der Waals surface area contributed by atoms with E-state index in [-0.39, 0.29) is 13.2 Å². The zero-order valence-electron chi connectivity index (χ0n) is 13.4. The van der Waals surface area contributed by atoms with E-state index in [9.17, 15) is 23.2 Å². The number of hydrogen-bond donors (Lipinski definition) is 3. The Morgan fingerprint density at radius 3 is 2.56 bits per heavy atom. The first-order valence-electron chi connectivity index (χ1n) is 7.77. The fraction of sp³-hybridized carbons (Fsp3) is 0.600. The predicted octanol–water partition coefficient (Wildman–Crippen LogP) is -0.201. The highest BCUT2D eigenvalue weighted by atomic mass is 32.2. The molecule has 2 aliphatic rings. The van der Waals surface area contributed by atoms with Gasteiger partial charge in [-0.25, -0.2) is 0 Å². The Hall–Kier alpha value is -1.11. The third kappa shape index (κ3) is 3.20. The highest BCUT2D eigenvalue weighted by Gasteiger charge is 2.64. The van der Waals surface area contributed by atoms with Gasteiger partial charge >= 0.3 is 15.2 Å². The van der Waals surface area contributed by atoms with E-state index in [1.807, 2.05) is 6.07 Å². The smallest absolute Gasteiger partial charge is 0.329 e. The lowest BCUT2D eigenvalue weighted by Gasteiger charge is -2.49. The van der Waals surface area contributed by atoms with Crippen LogP contribution in [0, 0.1) is 0 Å². The summed E-state index contributed by atoms with van der Waals surface area (Å²) in [7, 11) is -5.01. The molecule has 2 heterocycles. The third-order valence-corrected chi connectivity index (χ3v) is 5.35. The molecule has 1 aromatic carbocycles. The molecule has 0 radical (unpaired) electrons. The fourth-order valence-electron chi connectivity index (χ4n) is 3.01. The molecule has 0 bridgehead atoms. The largest absolute Gasteiger partial charge is 0.387 e. The van der Waals surface area contributed by atoms with Crippen LogP contribution >= 0.6 is 0 Å². The highest BCUT2D eigenvalue weighted by Crippen LogP contribution is 2.40. The van der Waals surface area contributed by atoms with Crippen molar-refractivity contribution in [3.05, 3.63) is 35.9 Å². The Morgan fingerprint density at radius 1 is 1.28 bits per heavy atom. The molecule has 10 heteroatoms. The molecule has 9 nitrogen and oxygen atoms in total. The molecular formula is C15H20O9S. The molecule has 1 aromatic rings. The van der Waals surface area contributed by atoms with E-state index in [0.29, 0.717) is 5.56 Å². The van der Waals surface area contributed by atoms with Crippen LogP contribution in [0.25, 0.3) is 0 Å². The van der Waals surface area contributed by atoms with Crippen molar-refractivity contribution >= 4 is 10.1 Å². The summed E-state index contributed by atoms with van der Waals surface area (Å²) < 4.78 is 54.5. The third-order valence-electron chi connectivity index (χ3n) is 4.17. The Labute approximate surface area is 144 Å². The van der Waals surface area contributed by atoms with Crippen LogP contribution in [0.4, 0.5) is 0 Å². The second-order valence-corrected chi connectivity index (χ2v) is 7.30. The van der Waals surface area contributed by atoms with Crippen LogP contribution in [0.5, 0.6) is 0 Å². The normalized spacial score (nSPS) is 39.0. The van der Waals surface area contributed by atoms with E-state index < -0.39 is 45.9 Å². The first kappa shape index (κ1) is 18.7. The minimum absolute atomic E-state index is 0.127. The number of hydrogen-bond acceptors (Lipinski definition) is 8. The molecule has 0 amide bonds. The van der Waals surface area contributed by atoms with E-state index in [0.717, 1.165) is 0 Å². The molecule has 0 aromatic heterocycles. The molecule has 1 unspecified atom stereocenters. The van der Waals surface area contributed by atoms with Crippen LogP contribution in [0.15, 0.2) is 30.3 Å². The molecule has 2 fully saturated rings. The number of aliphatic hydroxyl groups is 2. The van der Waals surface area contributed by atoms with Crippen molar-refractivity contribution in [3.63, 3.8) is 0 Å². The van der Waals surface area contributed by atoms with Gasteiger partial charge in [-0.2, -0.15) is 8.42 Å². The van der Waals surface area contributed by atoms with Crippen LogP contribution in [-0.4, -0.2) is 65.9 Å². The maximum atomic E-state index is 11.8. The molecule has 6 atom stereocenters. The van der Waals surface area contributed by atoms with Gasteiger partial charge in [0.25, 0.3) is 0 Å². The maximum Gasteiger partial charge on any atom is 0.329 e. The zero-order valence-corrected chi connectivity index (χ0v) is 14.2. The maximum absolute atomic E-state index is 11.8. The Bertz CT molecular complexity index is 692. The van der Waals surface area contributed by atoms with Gasteiger partial charge in [0, 0.05) is 12.2 Å². The monoisotopic (exact) mass is 376 g/mol. The van der Waals surface area contributed by atoms with Crippen LogP contribution in [0.3, 0.4) is 0 Å². The molecule has 0 saturated carbocycles. The molecule has 3 N–H and O–H groups in total. The lowest BCUT2D eigenvalue weighted by Crippen LogP contribution is -2.70. The van der Waals surface area contributed by atoms with Gasteiger partial charge in [0.2, 0.25) is 0 Å². The van der Waals surface area contributed by atoms with Gasteiger partial charge in [0.05, 0.1) is 6.61 Å². The summed E-state index contributed by atoms with van der Waals surface area (Å²) in [6.07, 6.45) is -6.69. The van der Waals surface area contributed by atoms with Crippen molar-refractivity contribution in [2.75, 3.05) is 13.2 Å². The molecule has 140 valence electrons. The second-order valence-electron chi connectivity index (χ2n) is 5.78. The highest BCUT2D eigenvalue weighted by molar-refractivity contribution is 7.87. The number of benzene rings is 1. The summed E-state index contributed by atoms with van der Waals surface area (Å²) >= 11 is 0. The van der Waals surface area contributed by atoms with Gasteiger partial charge in [-0.3, -0.25) is 4.55 Å². The van der Waals surface area contributed by atoms with E-state index in [1.165, 1.54) is 6.92 Å². The Kier molecular flexibility index (Phi) is 5.15.